The summed E-state index contributed by atoms with van der Waals surface area (Å²) in [5.74, 6) is 0.717. The van der Waals surface area contributed by atoms with Crippen molar-refractivity contribution in [2.75, 3.05) is 23.7 Å². The molecule has 18 heavy (non-hydrogen) atoms. The normalized spacial score (nSPS) is 11.2. The number of hydrogen-bond acceptors (Lipinski definition) is 5. The van der Waals surface area contributed by atoms with E-state index < -0.39 is 5.91 Å². The summed E-state index contributed by atoms with van der Waals surface area (Å²) in [7, 11) is 0. The van der Waals surface area contributed by atoms with Gasteiger partial charge in [-0.05, 0) is 23.4 Å². The first kappa shape index (κ1) is 14.8. The number of nitrogens with two attached hydrogens (primary N) is 2. The minimum absolute atomic E-state index is 0.236. The number of nitrogens with zero attached hydrogens (tertiary/aromatic N) is 2. The van der Waals surface area contributed by atoms with Crippen LogP contribution in [-0.2, 0) is 0 Å². The molecule has 0 aliphatic rings. The second-order valence-corrected chi connectivity index (χ2v) is 6.06. The van der Waals surface area contributed by atoms with Crippen molar-refractivity contribution in [1.29, 1.82) is 0 Å². The van der Waals surface area contributed by atoms with E-state index in [0.29, 0.717) is 17.4 Å². The quantitative estimate of drug-likeness (QED) is 0.827. The van der Waals surface area contributed by atoms with E-state index in [0.717, 1.165) is 18.1 Å². The van der Waals surface area contributed by atoms with E-state index >= 15 is 0 Å². The molecule has 0 fully saturated rings. The summed E-state index contributed by atoms with van der Waals surface area (Å²) in [6.07, 6.45) is 0. The highest BCUT2D eigenvalue weighted by atomic mass is 32.1. The lowest BCUT2D eigenvalue weighted by atomic mass is 10.1. The zero-order valence-electron chi connectivity index (χ0n) is 11.4. The monoisotopic (exact) mass is 270 g/mol. The molecule has 0 spiro atoms. The van der Waals surface area contributed by atoms with Crippen LogP contribution in [0.5, 0.6) is 0 Å². The molecule has 0 aliphatic carbocycles. The first-order valence-corrected chi connectivity index (χ1v) is 6.90. The van der Waals surface area contributed by atoms with Gasteiger partial charge in [0, 0.05) is 13.1 Å². The second kappa shape index (κ2) is 6.04. The standard InChI is InChI=1S/C12H22N4OS/c1-7(2)5-16(6-8(3)4)12-9(11(14)17)10(13)15-18-12/h7-8H,5-6H2,1-4H3,(H2,13,15)(H2,14,17). The van der Waals surface area contributed by atoms with Crippen LogP contribution in [0.3, 0.4) is 0 Å². The Morgan fingerprint density at radius 2 is 1.78 bits per heavy atom. The lowest BCUT2D eigenvalue weighted by molar-refractivity contribution is 0.100. The number of primary amides is 1. The number of carbonyl (C=O) groups is 1. The molecule has 0 aliphatic heterocycles. The molecule has 6 heteroatoms. The molecule has 1 aromatic heterocycles. The molecule has 0 atom stereocenters. The van der Waals surface area contributed by atoms with Gasteiger partial charge in [-0.25, -0.2) is 0 Å². The predicted molar refractivity (Wildman–Crippen MR) is 76.9 cm³/mol. The van der Waals surface area contributed by atoms with Crippen LogP contribution in [0.15, 0.2) is 0 Å². The fourth-order valence-corrected chi connectivity index (χ4v) is 2.70. The number of carbonyl (C=O) groups excluding carboxylic acids is 1. The van der Waals surface area contributed by atoms with Crippen molar-refractivity contribution in [3.8, 4) is 0 Å². The molecule has 0 saturated heterocycles. The van der Waals surface area contributed by atoms with Crippen molar-refractivity contribution in [2.24, 2.45) is 17.6 Å². The zero-order chi connectivity index (χ0) is 13.9. The molecule has 1 heterocycles. The van der Waals surface area contributed by atoms with E-state index in [1.165, 1.54) is 11.5 Å². The Morgan fingerprint density at radius 3 is 2.17 bits per heavy atom. The van der Waals surface area contributed by atoms with Crippen molar-refractivity contribution in [1.82, 2.24) is 4.37 Å². The highest BCUT2D eigenvalue weighted by Crippen LogP contribution is 2.31. The SMILES string of the molecule is CC(C)CN(CC(C)C)c1snc(N)c1C(N)=O. The molecule has 0 saturated carbocycles. The van der Waals surface area contributed by atoms with Crippen LogP contribution in [0.25, 0.3) is 0 Å². The first-order chi connectivity index (χ1) is 8.32. The van der Waals surface area contributed by atoms with Crippen molar-refractivity contribution in [3.63, 3.8) is 0 Å². The van der Waals surface area contributed by atoms with Gasteiger partial charge < -0.3 is 16.4 Å². The van der Waals surface area contributed by atoms with Crippen LogP contribution in [0.2, 0.25) is 0 Å². The van der Waals surface area contributed by atoms with Gasteiger partial charge in [0.05, 0.1) is 0 Å². The third-order valence-electron chi connectivity index (χ3n) is 2.41. The van der Waals surface area contributed by atoms with Gasteiger partial charge in [0.1, 0.15) is 10.6 Å². The number of aromatic nitrogens is 1. The Morgan fingerprint density at radius 1 is 1.28 bits per heavy atom. The van der Waals surface area contributed by atoms with E-state index in [1.807, 2.05) is 0 Å². The van der Waals surface area contributed by atoms with Gasteiger partial charge in [0.15, 0.2) is 5.82 Å². The lowest BCUT2D eigenvalue weighted by Crippen LogP contribution is -2.32. The Labute approximate surface area is 112 Å². The summed E-state index contributed by atoms with van der Waals surface area (Å²) in [5, 5.41) is 0.794. The number of rotatable bonds is 6. The maximum atomic E-state index is 11.5. The molecule has 5 nitrogen and oxygen atoms in total. The van der Waals surface area contributed by atoms with Crippen LogP contribution in [-0.4, -0.2) is 23.4 Å². The Bertz CT molecular complexity index is 404. The van der Waals surface area contributed by atoms with Crippen molar-refractivity contribution in [2.45, 2.75) is 27.7 Å². The zero-order valence-corrected chi connectivity index (χ0v) is 12.3. The highest BCUT2D eigenvalue weighted by Gasteiger charge is 2.22. The number of hydrogen-bond donors (Lipinski definition) is 2. The van der Waals surface area contributed by atoms with Crippen LogP contribution in [0.4, 0.5) is 10.8 Å². The van der Waals surface area contributed by atoms with E-state index in [2.05, 4.69) is 37.0 Å². The summed E-state index contributed by atoms with van der Waals surface area (Å²) in [4.78, 5) is 13.6. The van der Waals surface area contributed by atoms with Crippen LogP contribution in [0, 0.1) is 11.8 Å². The van der Waals surface area contributed by atoms with Gasteiger partial charge in [-0.1, -0.05) is 27.7 Å². The maximum absolute atomic E-state index is 11.5. The third kappa shape index (κ3) is 3.60. The minimum atomic E-state index is -0.506. The first-order valence-electron chi connectivity index (χ1n) is 6.12. The van der Waals surface area contributed by atoms with Gasteiger partial charge in [0.25, 0.3) is 5.91 Å². The van der Waals surface area contributed by atoms with E-state index in [-0.39, 0.29) is 5.82 Å². The van der Waals surface area contributed by atoms with Gasteiger partial charge in [0.2, 0.25) is 0 Å². The predicted octanol–water partition coefficient (Wildman–Crippen LogP) is 1.94. The molecular weight excluding hydrogens is 248 g/mol. The van der Waals surface area contributed by atoms with Crippen molar-refractivity contribution in [3.05, 3.63) is 5.56 Å². The average molecular weight is 270 g/mol. The van der Waals surface area contributed by atoms with E-state index in [4.69, 9.17) is 11.5 Å². The fraction of sp³-hybridized carbons (Fsp3) is 0.667. The molecule has 4 N–H and O–H groups in total. The second-order valence-electron chi connectivity index (χ2n) is 5.30. The summed E-state index contributed by atoms with van der Waals surface area (Å²) < 4.78 is 4.05. The summed E-state index contributed by atoms with van der Waals surface area (Å²) in [5.41, 5.74) is 11.5. The minimum Gasteiger partial charge on any atom is -0.382 e. The van der Waals surface area contributed by atoms with E-state index in [9.17, 15) is 4.79 Å². The molecule has 1 rings (SSSR count). The number of nitrogen functional groups attached to an aromatic ring is 1. The van der Waals surface area contributed by atoms with Crippen LogP contribution >= 0.6 is 11.5 Å². The largest absolute Gasteiger partial charge is 0.382 e. The summed E-state index contributed by atoms with van der Waals surface area (Å²) >= 11 is 1.25. The van der Waals surface area contributed by atoms with E-state index in [1.54, 1.807) is 0 Å². The number of amides is 1. The molecule has 0 radical (unpaired) electrons. The Hall–Kier alpha value is -1.30. The Kier molecular flexibility index (Phi) is 4.95. The molecule has 102 valence electrons. The van der Waals surface area contributed by atoms with Gasteiger partial charge in [-0.2, -0.15) is 4.37 Å². The summed E-state index contributed by atoms with van der Waals surface area (Å²) in [6, 6.07) is 0. The molecular formula is C12H22N4OS. The van der Waals surface area contributed by atoms with Gasteiger partial charge >= 0.3 is 0 Å². The number of anilines is 2. The smallest absolute Gasteiger partial charge is 0.255 e. The third-order valence-corrected chi connectivity index (χ3v) is 3.33. The van der Waals surface area contributed by atoms with Crippen molar-refractivity contribution >= 4 is 28.3 Å². The molecule has 1 amide bonds. The van der Waals surface area contributed by atoms with Gasteiger partial charge in [-0.3, -0.25) is 4.79 Å². The molecule has 0 bridgehead atoms. The van der Waals surface area contributed by atoms with Gasteiger partial charge in [-0.15, -0.1) is 0 Å². The summed E-state index contributed by atoms with van der Waals surface area (Å²) in [6.45, 7) is 10.3. The Balaban J connectivity index is 3.08. The van der Waals surface area contributed by atoms with Crippen LogP contribution in [0.1, 0.15) is 38.1 Å². The molecule has 0 unspecified atom stereocenters. The molecule has 0 aromatic carbocycles. The fourth-order valence-electron chi connectivity index (χ4n) is 1.86. The molecule has 1 aromatic rings. The average Bonchev–Trinajstić information content (AvgIpc) is 2.57. The topological polar surface area (TPSA) is 85.2 Å². The lowest BCUT2D eigenvalue weighted by Gasteiger charge is -2.27. The van der Waals surface area contributed by atoms with Crippen LogP contribution < -0.4 is 16.4 Å². The maximum Gasteiger partial charge on any atom is 0.255 e. The van der Waals surface area contributed by atoms with Crippen molar-refractivity contribution < 1.29 is 4.79 Å². The highest BCUT2D eigenvalue weighted by molar-refractivity contribution is 7.11.